The summed E-state index contributed by atoms with van der Waals surface area (Å²) in [6.45, 7) is 6.51. The number of allylic oxidation sites excluding steroid dienone is 16. The lowest BCUT2D eigenvalue weighted by Gasteiger charge is -2.18. The summed E-state index contributed by atoms with van der Waals surface area (Å²) in [5, 5.41) is 0. The van der Waals surface area contributed by atoms with Crippen LogP contribution in [0.25, 0.3) is 0 Å². The molecule has 0 fully saturated rings. The average Bonchev–Trinajstić information content (AvgIpc) is 3.47. The molecule has 0 saturated carbocycles. The number of rotatable bonds is 64. The molecule has 0 aromatic carbocycles. The third kappa shape index (κ3) is 67.1. The van der Waals surface area contributed by atoms with Gasteiger partial charge in [-0.1, -0.05) is 323 Å². The van der Waals surface area contributed by atoms with E-state index < -0.39 is 6.10 Å². The molecule has 0 rings (SSSR count). The van der Waals surface area contributed by atoms with Crippen LogP contribution in [0.2, 0.25) is 0 Å². The largest absolute Gasteiger partial charge is 0.462 e. The molecular weight excluding hydrogens is 1010 g/mol. The topological polar surface area (TPSA) is 78.9 Å². The van der Waals surface area contributed by atoms with Gasteiger partial charge in [-0.15, -0.1) is 0 Å². The van der Waals surface area contributed by atoms with Gasteiger partial charge in [0.05, 0.1) is 0 Å². The molecule has 0 amide bonds. The molecule has 0 aromatic heterocycles. The fourth-order valence-corrected chi connectivity index (χ4v) is 10.1. The van der Waals surface area contributed by atoms with Gasteiger partial charge in [0.25, 0.3) is 0 Å². The zero-order valence-corrected chi connectivity index (χ0v) is 54.2. The molecule has 0 saturated heterocycles. The predicted octanol–water partition coefficient (Wildman–Crippen LogP) is 24.4. The molecule has 6 heteroatoms. The van der Waals surface area contributed by atoms with Crippen molar-refractivity contribution in [2.24, 2.45) is 0 Å². The van der Waals surface area contributed by atoms with Crippen molar-refractivity contribution in [2.75, 3.05) is 13.2 Å². The summed E-state index contributed by atoms with van der Waals surface area (Å²) in [5.74, 6) is -0.931. The second-order valence-corrected chi connectivity index (χ2v) is 23.4. The van der Waals surface area contributed by atoms with Crippen LogP contribution in [-0.4, -0.2) is 37.2 Å². The second-order valence-electron chi connectivity index (χ2n) is 23.4. The molecule has 0 bridgehead atoms. The summed E-state index contributed by atoms with van der Waals surface area (Å²) < 4.78 is 16.9. The van der Waals surface area contributed by atoms with Crippen molar-refractivity contribution >= 4 is 17.9 Å². The first-order valence-electron chi connectivity index (χ1n) is 35.2. The first kappa shape index (κ1) is 78.3. The number of hydrogen-bond acceptors (Lipinski definition) is 6. The Morgan fingerprint density at radius 2 is 0.476 bits per heavy atom. The molecule has 0 spiro atoms. The van der Waals surface area contributed by atoms with Crippen molar-refractivity contribution in [2.45, 2.75) is 354 Å². The molecule has 472 valence electrons. The van der Waals surface area contributed by atoms with Crippen molar-refractivity contribution in [3.8, 4) is 0 Å². The lowest BCUT2D eigenvalue weighted by Crippen LogP contribution is -2.30. The third-order valence-corrected chi connectivity index (χ3v) is 15.3. The normalized spacial score (nSPS) is 12.7. The fraction of sp³-hybridized carbons (Fsp3) is 0.750. The van der Waals surface area contributed by atoms with Gasteiger partial charge in [0.15, 0.2) is 6.10 Å². The maximum absolute atomic E-state index is 12.9. The van der Waals surface area contributed by atoms with Gasteiger partial charge in [0.1, 0.15) is 13.2 Å². The monoisotopic (exact) mass is 1140 g/mol. The molecule has 0 aliphatic rings. The van der Waals surface area contributed by atoms with Gasteiger partial charge in [0, 0.05) is 19.3 Å². The first-order valence-corrected chi connectivity index (χ1v) is 35.2. The highest BCUT2D eigenvalue weighted by atomic mass is 16.6. The van der Waals surface area contributed by atoms with Crippen LogP contribution in [-0.2, 0) is 28.6 Å². The summed E-state index contributed by atoms with van der Waals surface area (Å²) in [6, 6.07) is 0. The SMILES string of the molecule is CC/C=C\C/C=C\C/C=C\C/C=C\C/C=C\C/C=C\CCCCC(=O)OC(COC(=O)CCCCCCCCC/C=C\C/C=C\CCCCC)COC(=O)CCCCCCCCCCCCCCCCCCCCCCCCCCCC. The molecule has 0 heterocycles. The minimum Gasteiger partial charge on any atom is -0.462 e. The molecule has 0 N–H and O–H groups in total. The van der Waals surface area contributed by atoms with E-state index in [9.17, 15) is 14.4 Å². The van der Waals surface area contributed by atoms with Crippen molar-refractivity contribution in [1.29, 1.82) is 0 Å². The van der Waals surface area contributed by atoms with Gasteiger partial charge >= 0.3 is 17.9 Å². The summed E-state index contributed by atoms with van der Waals surface area (Å²) in [7, 11) is 0. The van der Waals surface area contributed by atoms with Crippen molar-refractivity contribution in [3.63, 3.8) is 0 Å². The number of ether oxygens (including phenoxy) is 3. The zero-order valence-electron chi connectivity index (χ0n) is 54.2. The second kappa shape index (κ2) is 69.8. The highest BCUT2D eigenvalue weighted by Crippen LogP contribution is 2.18. The number of carbonyl (C=O) groups excluding carboxylic acids is 3. The van der Waals surface area contributed by atoms with E-state index in [1.54, 1.807) is 0 Å². The Morgan fingerprint density at radius 1 is 0.256 bits per heavy atom. The fourth-order valence-electron chi connectivity index (χ4n) is 10.1. The van der Waals surface area contributed by atoms with Crippen LogP contribution >= 0.6 is 0 Å². The van der Waals surface area contributed by atoms with Gasteiger partial charge in [-0.2, -0.15) is 0 Å². The number of hydrogen-bond donors (Lipinski definition) is 0. The molecular formula is C76H132O6. The number of unbranched alkanes of at least 4 members (excludes halogenated alkanes) is 37. The first-order chi connectivity index (χ1) is 40.5. The van der Waals surface area contributed by atoms with Crippen molar-refractivity contribution in [1.82, 2.24) is 0 Å². The van der Waals surface area contributed by atoms with Crippen LogP contribution in [0.3, 0.4) is 0 Å². The van der Waals surface area contributed by atoms with Crippen molar-refractivity contribution < 1.29 is 28.6 Å². The summed E-state index contributed by atoms with van der Waals surface area (Å²) in [5.41, 5.74) is 0. The van der Waals surface area contributed by atoms with E-state index in [-0.39, 0.29) is 37.5 Å². The Balaban J connectivity index is 4.38. The van der Waals surface area contributed by atoms with Gasteiger partial charge in [-0.25, -0.2) is 0 Å². The highest BCUT2D eigenvalue weighted by Gasteiger charge is 2.19. The Hall–Kier alpha value is -3.67. The molecule has 1 atom stereocenters. The zero-order chi connectivity index (χ0) is 59.2. The van der Waals surface area contributed by atoms with Gasteiger partial charge < -0.3 is 14.2 Å². The molecule has 0 aliphatic heterocycles. The van der Waals surface area contributed by atoms with Crippen LogP contribution in [0.1, 0.15) is 348 Å². The maximum atomic E-state index is 12.9. The Bertz CT molecular complexity index is 1590. The Labute approximate surface area is 508 Å². The third-order valence-electron chi connectivity index (χ3n) is 15.3. The summed E-state index contributed by atoms with van der Waals surface area (Å²) in [4.78, 5) is 38.4. The minimum absolute atomic E-state index is 0.0954. The number of esters is 3. The molecule has 1 unspecified atom stereocenters. The minimum atomic E-state index is -0.806. The van der Waals surface area contributed by atoms with E-state index in [1.165, 1.54) is 199 Å². The van der Waals surface area contributed by atoms with E-state index in [0.29, 0.717) is 19.3 Å². The van der Waals surface area contributed by atoms with Gasteiger partial charge in [-0.05, 0) is 103 Å². The summed E-state index contributed by atoms with van der Waals surface area (Å²) >= 11 is 0. The number of carbonyl (C=O) groups is 3. The van der Waals surface area contributed by atoms with Gasteiger partial charge in [0.2, 0.25) is 0 Å². The van der Waals surface area contributed by atoms with E-state index in [0.717, 1.165) is 103 Å². The Morgan fingerprint density at radius 3 is 0.793 bits per heavy atom. The van der Waals surface area contributed by atoms with Crippen molar-refractivity contribution in [3.05, 3.63) is 97.2 Å². The van der Waals surface area contributed by atoms with Gasteiger partial charge in [-0.3, -0.25) is 14.4 Å². The van der Waals surface area contributed by atoms with Crippen LogP contribution in [0.15, 0.2) is 97.2 Å². The highest BCUT2D eigenvalue weighted by molar-refractivity contribution is 5.71. The molecule has 0 aliphatic carbocycles. The quantitative estimate of drug-likeness (QED) is 0.0261. The Kier molecular flexibility index (Phi) is 66.7. The van der Waals surface area contributed by atoms with Crippen LogP contribution in [0.5, 0.6) is 0 Å². The molecule has 0 aromatic rings. The average molecular weight is 1140 g/mol. The van der Waals surface area contributed by atoms with E-state index in [2.05, 4.69) is 118 Å². The molecule has 82 heavy (non-hydrogen) atoms. The predicted molar refractivity (Wildman–Crippen MR) is 357 cm³/mol. The molecule has 6 nitrogen and oxygen atoms in total. The van der Waals surface area contributed by atoms with Crippen LogP contribution < -0.4 is 0 Å². The maximum Gasteiger partial charge on any atom is 0.306 e. The lowest BCUT2D eigenvalue weighted by molar-refractivity contribution is -0.167. The van der Waals surface area contributed by atoms with E-state index in [4.69, 9.17) is 14.2 Å². The standard InChI is InChI=1S/C76H132O6/c1-4-7-10-13-16-19-22-25-28-31-33-35-36-37-38-39-41-42-45-48-51-54-57-60-63-66-69-75(78)81-72-73(71-80-74(77)68-65-62-59-56-53-50-47-44-30-27-24-21-18-15-12-9-6-3)82-76(79)70-67-64-61-58-55-52-49-46-43-40-34-32-29-26-23-20-17-14-11-8-5-2/h8,11,17-18,20-21,26-27,29-30,34,40,46,49,55,58,73H,4-7,9-10,12-16,19,22-25,28,31-33,35-39,41-45,47-48,50-54,56-57,59-72H2,1-3H3/b11-8-,20-17-,21-18-,29-26-,30-27-,40-34-,49-46-,58-55-. The van der Waals surface area contributed by atoms with Crippen LogP contribution in [0.4, 0.5) is 0 Å². The van der Waals surface area contributed by atoms with E-state index >= 15 is 0 Å². The summed E-state index contributed by atoms with van der Waals surface area (Å²) in [6.07, 6.45) is 94.4. The smallest absolute Gasteiger partial charge is 0.306 e. The van der Waals surface area contributed by atoms with Crippen LogP contribution in [0, 0.1) is 0 Å². The van der Waals surface area contributed by atoms with E-state index in [1.807, 2.05) is 0 Å². The lowest BCUT2D eigenvalue weighted by atomic mass is 10.0. The molecule has 0 radical (unpaired) electrons.